The smallest absolute Gasteiger partial charge is 0.0546 e. The third-order valence-electron chi connectivity index (χ3n) is 11.3. The third kappa shape index (κ3) is 6.97. The second-order valence-corrected chi connectivity index (χ2v) is 14.9. The Morgan fingerprint density at radius 3 is 1.36 bits per heavy atom. The van der Waals surface area contributed by atoms with Crippen molar-refractivity contribution in [1.29, 1.82) is 0 Å². The quantitative estimate of drug-likeness (QED) is 0.129. The van der Waals surface area contributed by atoms with Crippen molar-refractivity contribution in [1.82, 2.24) is 0 Å². The molecule has 0 N–H and O–H groups in total. The van der Waals surface area contributed by atoms with Crippen molar-refractivity contribution in [2.75, 3.05) is 9.80 Å². The molecular formula is C56H42N2. The van der Waals surface area contributed by atoms with E-state index < -0.39 is 0 Å². The number of fused-ring (bicyclic) bond motifs is 4. The summed E-state index contributed by atoms with van der Waals surface area (Å²) in [7, 11) is 0. The largest absolute Gasteiger partial charge is 0.310 e. The van der Waals surface area contributed by atoms with Gasteiger partial charge in [-0.1, -0.05) is 164 Å². The van der Waals surface area contributed by atoms with E-state index >= 15 is 0 Å². The minimum absolute atomic E-state index is 0.956. The molecule has 2 heteroatoms. The van der Waals surface area contributed by atoms with Crippen LogP contribution < -0.4 is 9.80 Å². The molecule has 10 aromatic carbocycles. The molecule has 0 bridgehead atoms. The molecule has 276 valence electrons. The predicted octanol–water partition coefficient (Wildman–Crippen LogP) is 15.5. The van der Waals surface area contributed by atoms with E-state index in [1.165, 1.54) is 60.3 Å². The van der Waals surface area contributed by atoms with Gasteiger partial charge in [-0.05, 0) is 129 Å². The van der Waals surface area contributed by atoms with E-state index in [4.69, 9.17) is 0 Å². The molecule has 0 aliphatic rings. The van der Waals surface area contributed by atoms with Gasteiger partial charge in [-0.3, -0.25) is 0 Å². The number of rotatable bonds is 10. The molecule has 0 saturated carbocycles. The molecule has 0 saturated heterocycles. The Morgan fingerprint density at radius 1 is 0.259 bits per heavy atom. The lowest BCUT2D eigenvalue weighted by Crippen LogP contribution is -2.11. The molecule has 0 unspecified atom stereocenters. The first kappa shape index (κ1) is 35.0. The lowest BCUT2D eigenvalue weighted by molar-refractivity contribution is 0.959. The molecule has 0 aliphatic carbocycles. The highest BCUT2D eigenvalue weighted by Gasteiger charge is 2.18. The number of aryl methyl sites for hydroxylation is 2. The zero-order valence-corrected chi connectivity index (χ0v) is 32.2. The van der Waals surface area contributed by atoms with Crippen LogP contribution in [0.1, 0.15) is 11.1 Å². The minimum Gasteiger partial charge on any atom is -0.310 e. The molecule has 10 rings (SSSR count). The maximum Gasteiger partial charge on any atom is 0.0546 e. The van der Waals surface area contributed by atoms with Gasteiger partial charge in [0.05, 0.1) is 5.69 Å². The van der Waals surface area contributed by atoms with Gasteiger partial charge in [0.15, 0.2) is 0 Å². The van der Waals surface area contributed by atoms with E-state index in [-0.39, 0.29) is 0 Å². The number of nitrogens with zero attached hydrogens (tertiary/aromatic N) is 2. The topological polar surface area (TPSA) is 6.48 Å². The van der Waals surface area contributed by atoms with Gasteiger partial charge in [0.1, 0.15) is 0 Å². The minimum atomic E-state index is 0.956. The third-order valence-corrected chi connectivity index (χ3v) is 11.3. The molecule has 2 nitrogen and oxygen atoms in total. The molecule has 0 aliphatic heterocycles. The van der Waals surface area contributed by atoms with Crippen LogP contribution in [0.2, 0.25) is 0 Å². The summed E-state index contributed by atoms with van der Waals surface area (Å²) in [6.45, 7) is 0. The Hall–Kier alpha value is -7.42. The monoisotopic (exact) mass is 742 g/mol. The normalized spacial score (nSPS) is 11.2. The first-order valence-corrected chi connectivity index (χ1v) is 20.1. The average Bonchev–Trinajstić information content (AvgIpc) is 3.30. The summed E-state index contributed by atoms with van der Waals surface area (Å²) in [4.78, 5) is 4.76. The fourth-order valence-electron chi connectivity index (χ4n) is 8.33. The maximum absolute atomic E-state index is 2.42. The lowest BCUT2D eigenvalue weighted by atomic mass is 9.98. The molecule has 0 fully saturated rings. The van der Waals surface area contributed by atoms with Gasteiger partial charge in [0.2, 0.25) is 0 Å². The summed E-state index contributed by atoms with van der Waals surface area (Å²) < 4.78 is 0. The van der Waals surface area contributed by atoms with Crippen LogP contribution in [0.15, 0.2) is 231 Å². The molecular weight excluding hydrogens is 701 g/mol. The molecule has 0 radical (unpaired) electrons. The van der Waals surface area contributed by atoms with Gasteiger partial charge >= 0.3 is 0 Å². The van der Waals surface area contributed by atoms with Crippen LogP contribution in [0.4, 0.5) is 34.1 Å². The Bertz CT molecular complexity index is 2970. The van der Waals surface area contributed by atoms with Crippen molar-refractivity contribution in [3.8, 4) is 11.1 Å². The number of hydrogen-bond donors (Lipinski definition) is 0. The van der Waals surface area contributed by atoms with Crippen molar-refractivity contribution >= 4 is 66.4 Å². The zero-order chi connectivity index (χ0) is 38.7. The predicted molar refractivity (Wildman–Crippen MR) is 248 cm³/mol. The second-order valence-electron chi connectivity index (χ2n) is 14.9. The van der Waals surface area contributed by atoms with Crippen LogP contribution in [0.3, 0.4) is 0 Å². The SMILES string of the molecule is c1ccc(-c2ccc(N(c3ccc(CCc4ccc(N(c5ccccc5)c5ccc6ccccc6c5)cc4)cc3)c3cc4ccccc4c4ccccc34)cc2)cc1. The first-order chi connectivity index (χ1) is 28.7. The molecule has 0 amide bonds. The highest BCUT2D eigenvalue weighted by molar-refractivity contribution is 6.14. The zero-order valence-electron chi connectivity index (χ0n) is 32.2. The van der Waals surface area contributed by atoms with Crippen molar-refractivity contribution < 1.29 is 0 Å². The van der Waals surface area contributed by atoms with Crippen LogP contribution in [0.25, 0.3) is 43.4 Å². The number of benzene rings is 10. The highest BCUT2D eigenvalue weighted by Crippen LogP contribution is 2.43. The van der Waals surface area contributed by atoms with E-state index in [0.717, 1.165) is 41.3 Å². The average molecular weight is 743 g/mol. The van der Waals surface area contributed by atoms with E-state index in [1.807, 2.05) is 0 Å². The maximum atomic E-state index is 2.42. The molecule has 0 heterocycles. The Kier molecular flexibility index (Phi) is 9.43. The van der Waals surface area contributed by atoms with Crippen molar-refractivity contribution in [3.05, 3.63) is 242 Å². The standard InChI is InChI=1S/C56H42N2/c1-3-13-43(14-4-1)45-29-36-51(37-30-45)58(56-40-47-17-9-10-20-53(47)54-21-11-12-22-55(54)56)50-34-27-42(28-35-50)24-23-41-25-32-49(33-26-41)57(48-18-5-2-6-19-48)52-38-31-44-15-7-8-16-46(44)39-52/h1-22,25-40H,23-24H2. The summed E-state index contributed by atoms with van der Waals surface area (Å²) in [5.41, 5.74) is 11.9. The molecule has 0 aromatic heterocycles. The highest BCUT2D eigenvalue weighted by atomic mass is 15.1. The Labute approximate surface area is 340 Å². The fourth-order valence-corrected chi connectivity index (χ4v) is 8.33. The summed E-state index contributed by atoms with van der Waals surface area (Å²) in [6.07, 6.45) is 1.91. The van der Waals surface area contributed by atoms with Crippen molar-refractivity contribution in [2.45, 2.75) is 12.8 Å². The Morgan fingerprint density at radius 2 is 0.707 bits per heavy atom. The van der Waals surface area contributed by atoms with Gasteiger partial charge < -0.3 is 9.80 Å². The number of hydrogen-bond acceptors (Lipinski definition) is 2. The van der Waals surface area contributed by atoms with Gasteiger partial charge in [-0.2, -0.15) is 0 Å². The second kappa shape index (κ2) is 15.6. The van der Waals surface area contributed by atoms with Crippen LogP contribution in [0.5, 0.6) is 0 Å². The van der Waals surface area contributed by atoms with Crippen LogP contribution >= 0.6 is 0 Å². The van der Waals surface area contributed by atoms with Gasteiger partial charge in [0, 0.05) is 33.8 Å². The van der Waals surface area contributed by atoms with Crippen LogP contribution in [0, 0.1) is 0 Å². The van der Waals surface area contributed by atoms with E-state index in [1.54, 1.807) is 0 Å². The van der Waals surface area contributed by atoms with Crippen molar-refractivity contribution in [2.24, 2.45) is 0 Å². The van der Waals surface area contributed by atoms with E-state index in [9.17, 15) is 0 Å². The summed E-state index contributed by atoms with van der Waals surface area (Å²) in [6, 6.07) is 83.6. The number of anilines is 6. The van der Waals surface area contributed by atoms with E-state index in [0.29, 0.717) is 0 Å². The molecule has 58 heavy (non-hydrogen) atoms. The van der Waals surface area contributed by atoms with Gasteiger partial charge in [-0.15, -0.1) is 0 Å². The molecule has 0 spiro atoms. The fraction of sp³-hybridized carbons (Fsp3) is 0.0357. The molecule has 0 atom stereocenters. The summed E-state index contributed by atoms with van der Waals surface area (Å²) in [5.74, 6) is 0. The Balaban J connectivity index is 0.939. The van der Waals surface area contributed by atoms with Crippen molar-refractivity contribution in [3.63, 3.8) is 0 Å². The van der Waals surface area contributed by atoms with Gasteiger partial charge in [0.25, 0.3) is 0 Å². The molecule has 10 aromatic rings. The summed E-state index contributed by atoms with van der Waals surface area (Å²) >= 11 is 0. The van der Waals surface area contributed by atoms with Crippen LogP contribution in [-0.2, 0) is 12.8 Å². The van der Waals surface area contributed by atoms with E-state index in [2.05, 4.69) is 240 Å². The summed E-state index contributed by atoms with van der Waals surface area (Å²) in [5, 5.41) is 7.47. The van der Waals surface area contributed by atoms with Crippen LogP contribution in [-0.4, -0.2) is 0 Å². The van der Waals surface area contributed by atoms with Gasteiger partial charge in [-0.25, -0.2) is 0 Å². The lowest BCUT2D eigenvalue weighted by Gasteiger charge is -2.28. The number of para-hydroxylation sites is 1. The first-order valence-electron chi connectivity index (χ1n) is 20.1.